The molecule has 18 heavy (non-hydrogen) atoms. The Labute approximate surface area is 107 Å². The van der Waals surface area contributed by atoms with Crippen LogP contribution in [0.2, 0.25) is 0 Å². The van der Waals surface area contributed by atoms with Gasteiger partial charge in [0.05, 0.1) is 6.20 Å². The van der Waals surface area contributed by atoms with Gasteiger partial charge in [0.1, 0.15) is 12.3 Å². The van der Waals surface area contributed by atoms with Gasteiger partial charge in [-0.3, -0.25) is 0 Å². The Kier molecular flexibility index (Phi) is 3.21. The molecule has 98 valence electrons. The second-order valence-electron chi connectivity index (χ2n) is 5.32. The second-order valence-corrected chi connectivity index (χ2v) is 5.32. The average Bonchev–Trinajstić information content (AvgIpc) is 3.04. The molecule has 3 N–H and O–H groups in total. The number of rotatable bonds is 5. The number of aliphatic imine (C=N–C) groups is 1. The molecule has 2 aliphatic carbocycles. The van der Waals surface area contributed by atoms with E-state index in [0.29, 0.717) is 18.4 Å². The van der Waals surface area contributed by atoms with E-state index in [-0.39, 0.29) is 0 Å². The number of nitrogens with two attached hydrogens (primary N) is 1. The molecule has 1 heterocycles. The highest BCUT2D eigenvalue weighted by Gasteiger charge is 2.28. The van der Waals surface area contributed by atoms with E-state index in [1.165, 1.54) is 32.1 Å². The topological polar surface area (TPSA) is 76.4 Å². The normalized spacial score (nSPS) is 20.8. The van der Waals surface area contributed by atoms with Crippen molar-refractivity contribution in [2.45, 2.75) is 44.6 Å². The van der Waals surface area contributed by atoms with Crippen LogP contribution in [0.1, 0.15) is 49.7 Å². The number of hydrogen-bond acceptors (Lipinski definition) is 3. The summed E-state index contributed by atoms with van der Waals surface area (Å²) < 4.78 is 5.61. The summed E-state index contributed by atoms with van der Waals surface area (Å²) in [6.07, 6.45) is 8.14. The molecule has 0 amide bonds. The minimum Gasteiger partial charge on any atom is -0.443 e. The molecule has 2 fully saturated rings. The van der Waals surface area contributed by atoms with Gasteiger partial charge in [-0.15, -0.1) is 0 Å². The largest absolute Gasteiger partial charge is 0.443 e. The fourth-order valence-corrected chi connectivity index (χ4v) is 2.08. The summed E-state index contributed by atoms with van der Waals surface area (Å²) in [6.45, 7) is 1.42. The summed E-state index contributed by atoms with van der Waals surface area (Å²) in [5, 5.41) is 3.16. The number of nitrogens with zero attached hydrogens (tertiary/aromatic N) is 2. The molecule has 0 atom stereocenters. The Bertz CT molecular complexity index is 432. The molecule has 2 aliphatic rings. The van der Waals surface area contributed by atoms with Crippen molar-refractivity contribution in [1.82, 2.24) is 10.3 Å². The van der Waals surface area contributed by atoms with Gasteiger partial charge in [0.2, 0.25) is 0 Å². The van der Waals surface area contributed by atoms with Gasteiger partial charge >= 0.3 is 0 Å². The quantitative estimate of drug-likeness (QED) is 0.615. The molecule has 0 radical (unpaired) electrons. The van der Waals surface area contributed by atoms with E-state index in [2.05, 4.69) is 15.3 Å². The molecule has 0 saturated heterocycles. The first-order valence-corrected chi connectivity index (χ1v) is 6.79. The van der Waals surface area contributed by atoms with Gasteiger partial charge in [-0.25, -0.2) is 9.98 Å². The van der Waals surface area contributed by atoms with Crippen LogP contribution in [0, 0.1) is 5.92 Å². The zero-order chi connectivity index (χ0) is 12.4. The first-order valence-electron chi connectivity index (χ1n) is 6.79. The lowest BCUT2D eigenvalue weighted by Gasteiger charge is -2.25. The number of guanidine groups is 1. The third-order valence-electron chi connectivity index (χ3n) is 3.70. The third kappa shape index (κ3) is 2.83. The Hall–Kier alpha value is -1.52. The Balaban J connectivity index is 1.45. The molecule has 0 unspecified atom stereocenters. The first kappa shape index (κ1) is 11.6. The van der Waals surface area contributed by atoms with Crippen LogP contribution < -0.4 is 11.1 Å². The fourth-order valence-electron chi connectivity index (χ4n) is 2.08. The van der Waals surface area contributed by atoms with Crippen molar-refractivity contribution in [1.29, 1.82) is 0 Å². The SMILES string of the molecule is NC(=NCc1cnc(C2CC2)o1)NCC1CCC1. The van der Waals surface area contributed by atoms with Crippen LogP contribution in [0.25, 0.3) is 0 Å². The molecular formula is C13H20N4O. The van der Waals surface area contributed by atoms with Crippen LogP contribution in [0.3, 0.4) is 0 Å². The summed E-state index contributed by atoms with van der Waals surface area (Å²) in [5.74, 6) is 3.50. The van der Waals surface area contributed by atoms with Gasteiger partial charge in [-0.2, -0.15) is 0 Å². The van der Waals surface area contributed by atoms with Crippen molar-refractivity contribution in [3.63, 3.8) is 0 Å². The first-order chi connectivity index (χ1) is 8.81. The van der Waals surface area contributed by atoms with Crippen molar-refractivity contribution in [2.75, 3.05) is 6.54 Å². The lowest BCUT2D eigenvalue weighted by Crippen LogP contribution is -2.37. The van der Waals surface area contributed by atoms with Crippen LogP contribution in [0.5, 0.6) is 0 Å². The summed E-state index contributed by atoms with van der Waals surface area (Å²) in [5.41, 5.74) is 5.80. The minimum absolute atomic E-state index is 0.475. The van der Waals surface area contributed by atoms with E-state index in [9.17, 15) is 0 Å². The van der Waals surface area contributed by atoms with Crippen molar-refractivity contribution in [3.8, 4) is 0 Å². The molecule has 0 spiro atoms. The molecule has 5 nitrogen and oxygen atoms in total. The summed E-state index contributed by atoms with van der Waals surface area (Å²) in [6, 6.07) is 0. The molecular weight excluding hydrogens is 228 g/mol. The van der Waals surface area contributed by atoms with Crippen molar-refractivity contribution in [3.05, 3.63) is 17.8 Å². The zero-order valence-corrected chi connectivity index (χ0v) is 10.6. The van der Waals surface area contributed by atoms with E-state index < -0.39 is 0 Å². The Morgan fingerprint density at radius 3 is 2.94 bits per heavy atom. The van der Waals surface area contributed by atoms with E-state index in [1.54, 1.807) is 6.20 Å². The molecule has 5 heteroatoms. The minimum atomic E-state index is 0.475. The Morgan fingerprint density at radius 1 is 1.44 bits per heavy atom. The molecule has 0 bridgehead atoms. The molecule has 0 aromatic carbocycles. The van der Waals surface area contributed by atoms with E-state index in [0.717, 1.165) is 24.1 Å². The van der Waals surface area contributed by atoms with Crippen molar-refractivity contribution in [2.24, 2.45) is 16.6 Å². The van der Waals surface area contributed by atoms with Gasteiger partial charge in [0, 0.05) is 12.5 Å². The van der Waals surface area contributed by atoms with E-state index in [4.69, 9.17) is 10.2 Å². The number of hydrogen-bond donors (Lipinski definition) is 2. The van der Waals surface area contributed by atoms with Crippen LogP contribution in [0.4, 0.5) is 0 Å². The highest BCUT2D eigenvalue weighted by molar-refractivity contribution is 5.77. The average molecular weight is 248 g/mol. The van der Waals surface area contributed by atoms with Crippen LogP contribution in [-0.4, -0.2) is 17.5 Å². The zero-order valence-electron chi connectivity index (χ0n) is 10.6. The molecule has 0 aliphatic heterocycles. The van der Waals surface area contributed by atoms with Gasteiger partial charge < -0.3 is 15.5 Å². The van der Waals surface area contributed by atoms with E-state index in [1.807, 2.05) is 0 Å². The highest BCUT2D eigenvalue weighted by atomic mass is 16.4. The molecule has 2 saturated carbocycles. The third-order valence-corrected chi connectivity index (χ3v) is 3.70. The maximum absolute atomic E-state index is 5.80. The van der Waals surface area contributed by atoms with Gasteiger partial charge in [0.15, 0.2) is 11.9 Å². The lowest BCUT2D eigenvalue weighted by molar-refractivity contribution is 0.315. The molecule has 3 rings (SSSR count). The maximum Gasteiger partial charge on any atom is 0.197 e. The van der Waals surface area contributed by atoms with Crippen LogP contribution >= 0.6 is 0 Å². The predicted molar refractivity (Wildman–Crippen MR) is 69.1 cm³/mol. The summed E-state index contributed by atoms with van der Waals surface area (Å²) >= 11 is 0. The smallest absolute Gasteiger partial charge is 0.197 e. The number of nitrogens with one attached hydrogen (secondary N) is 1. The second kappa shape index (κ2) is 5.00. The maximum atomic E-state index is 5.80. The fraction of sp³-hybridized carbons (Fsp3) is 0.692. The molecule has 1 aromatic heterocycles. The van der Waals surface area contributed by atoms with Gasteiger partial charge in [-0.1, -0.05) is 6.42 Å². The van der Waals surface area contributed by atoms with Crippen molar-refractivity contribution < 1.29 is 4.42 Å². The van der Waals surface area contributed by atoms with Crippen LogP contribution in [-0.2, 0) is 6.54 Å². The predicted octanol–water partition coefficient (Wildman–Crippen LogP) is 1.76. The number of oxazole rings is 1. The van der Waals surface area contributed by atoms with Crippen LogP contribution in [0.15, 0.2) is 15.6 Å². The summed E-state index contributed by atoms with van der Waals surface area (Å²) in [4.78, 5) is 8.52. The van der Waals surface area contributed by atoms with Gasteiger partial charge in [0.25, 0.3) is 0 Å². The monoisotopic (exact) mass is 248 g/mol. The Morgan fingerprint density at radius 2 is 2.28 bits per heavy atom. The summed E-state index contributed by atoms with van der Waals surface area (Å²) in [7, 11) is 0. The van der Waals surface area contributed by atoms with Gasteiger partial charge in [-0.05, 0) is 31.6 Å². The van der Waals surface area contributed by atoms with Crippen molar-refractivity contribution >= 4 is 5.96 Å². The highest BCUT2D eigenvalue weighted by Crippen LogP contribution is 2.39. The lowest BCUT2D eigenvalue weighted by atomic mass is 9.85. The molecule has 1 aromatic rings. The number of aromatic nitrogens is 1. The standard InChI is InChI=1S/C13H20N4O/c14-13(16-6-9-2-1-3-9)17-8-11-7-15-12(18-11)10-4-5-10/h7,9-10H,1-6,8H2,(H3,14,16,17). The van der Waals surface area contributed by atoms with E-state index >= 15 is 0 Å².